The van der Waals surface area contributed by atoms with Gasteiger partial charge in [0.1, 0.15) is 0 Å². The molecule has 2 atom stereocenters. The Morgan fingerprint density at radius 3 is 2.60 bits per heavy atom. The Bertz CT molecular complexity index is 827. The number of nitrogens with one attached hydrogen (secondary N) is 2. The van der Waals surface area contributed by atoms with Crippen LogP contribution in [-0.4, -0.2) is 73.6 Å². The van der Waals surface area contributed by atoms with Gasteiger partial charge in [0.05, 0.1) is 0 Å². The molecule has 1 aromatic heterocycles. The zero-order valence-electron chi connectivity index (χ0n) is 18.7. The SMILES string of the molecule is CNCCN1C[C@@H]2C[C@H](C1)c1ccc(CN3CCC(C)(C(=O)NC)CC3)c(=O)n1C2. The monoisotopic (exact) mass is 415 g/mol. The van der Waals surface area contributed by atoms with E-state index < -0.39 is 0 Å². The van der Waals surface area contributed by atoms with Gasteiger partial charge in [-0.15, -0.1) is 0 Å². The Hall–Kier alpha value is -1.70. The van der Waals surface area contributed by atoms with Crippen LogP contribution in [0, 0.1) is 11.3 Å². The van der Waals surface area contributed by atoms with Crippen LogP contribution in [0.3, 0.4) is 0 Å². The van der Waals surface area contributed by atoms with E-state index in [1.54, 1.807) is 7.05 Å². The second-order valence-corrected chi connectivity index (χ2v) is 9.78. The largest absolute Gasteiger partial charge is 0.359 e. The summed E-state index contributed by atoms with van der Waals surface area (Å²) >= 11 is 0. The van der Waals surface area contributed by atoms with Crippen molar-refractivity contribution in [2.75, 3.05) is 53.4 Å². The van der Waals surface area contributed by atoms with Gasteiger partial charge in [0, 0.05) is 68.9 Å². The molecule has 0 spiro atoms. The molecule has 4 rings (SSSR count). The summed E-state index contributed by atoms with van der Waals surface area (Å²) in [6.45, 7) is 9.55. The summed E-state index contributed by atoms with van der Waals surface area (Å²) in [5, 5.41) is 6.04. The number of carbonyl (C=O) groups is 1. The molecular formula is C23H37N5O2. The lowest BCUT2D eigenvalue weighted by Gasteiger charge is -2.43. The molecule has 3 aliphatic heterocycles. The number of hydrogen-bond acceptors (Lipinski definition) is 5. The number of pyridine rings is 1. The zero-order valence-corrected chi connectivity index (χ0v) is 18.7. The van der Waals surface area contributed by atoms with Crippen LogP contribution < -0.4 is 16.2 Å². The van der Waals surface area contributed by atoms with Gasteiger partial charge in [0.2, 0.25) is 5.91 Å². The molecule has 7 nitrogen and oxygen atoms in total. The van der Waals surface area contributed by atoms with E-state index >= 15 is 0 Å². The lowest BCUT2D eigenvalue weighted by Crippen LogP contribution is -2.49. The summed E-state index contributed by atoms with van der Waals surface area (Å²) in [6, 6.07) is 4.27. The van der Waals surface area contributed by atoms with Gasteiger partial charge >= 0.3 is 0 Å². The van der Waals surface area contributed by atoms with Crippen molar-refractivity contribution in [1.82, 2.24) is 25.0 Å². The minimum atomic E-state index is -0.285. The van der Waals surface area contributed by atoms with Crippen molar-refractivity contribution in [2.45, 2.75) is 45.2 Å². The van der Waals surface area contributed by atoms with Gasteiger partial charge in [0.25, 0.3) is 5.56 Å². The number of carbonyl (C=O) groups excluding carboxylic acids is 1. The van der Waals surface area contributed by atoms with Crippen LogP contribution in [0.15, 0.2) is 16.9 Å². The molecule has 0 saturated carbocycles. The Kier molecular flexibility index (Phi) is 6.32. The van der Waals surface area contributed by atoms with E-state index in [0.717, 1.165) is 64.2 Å². The van der Waals surface area contributed by atoms with Gasteiger partial charge in [-0.2, -0.15) is 0 Å². The number of nitrogens with zero attached hydrogens (tertiary/aromatic N) is 3. The van der Waals surface area contributed by atoms with Crippen LogP contribution in [0.1, 0.15) is 43.4 Å². The van der Waals surface area contributed by atoms with Gasteiger partial charge in [0.15, 0.2) is 0 Å². The van der Waals surface area contributed by atoms with Gasteiger partial charge in [-0.25, -0.2) is 0 Å². The van der Waals surface area contributed by atoms with Crippen molar-refractivity contribution in [3.8, 4) is 0 Å². The van der Waals surface area contributed by atoms with Crippen LogP contribution in [0.2, 0.25) is 0 Å². The van der Waals surface area contributed by atoms with E-state index in [-0.39, 0.29) is 16.9 Å². The predicted molar refractivity (Wildman–Crippen MR) is 119 cm³/mol. The van der Waals surface area contributed by atoms with Gasteiger partial charge < -0.3 is 20.1 Å². The lowest BCUT2D eigenvalue weighted by molar-refractivity contribution is -0.132. The molecule has 1 aromatic rings. The minimum Gasteiger partial charge on any atom is -0.359 e. The standard InChI is InChI=1S/C23H37N5O2/c1-23(22(30)25-3)6-9-26(10-7-23)15-18-4-5-20-19-12-17(14-28(20)21(18)29)13-27(16-19)11-8-24-2/h4-5,17,19,24H,6-16H2,1-3H3,(H,25,30)/t17-,19+/m0/s1. The Labute approximate surface area is 179 Å². The first-order valence-electron chi connectivity index (χ1n) is 11.5. The number of rotatable bonds is 6. The van der Waals surface area contributed by atoms with Crippen LogP contribution in [0.4, 0.5) is 0 Å². The molecule has 0 aliphatic carbocycles. The smallest absolute Gasteiger partial charge is 0.255 e. The maximum Gasteiger partial charge on any atom is 0.255 e. The van der Waals surface area contributed by atoms with Crippen molar-refractivity contribution in [1.29, 1.82) is 0 Å². The maximum absolute atomic E-state index is 13.3. The van der Waals surface area contributed by atoms with Gasteiger partial charge in [-0.3, -0.25) is 14.5 Å². The molecule has 1 amide bonds. The fourth-order valence-electron chi connectivity index (χ4n) is 5.64. The third kappa shape index (κ3) is 4.20. The summed E-state index contributed by atoms with van der Waals surface area (Å²) in [7, 11) is 3.71. The lowest BCUT2D eigenvalue weighted by atomic mass is 9.79. The molecule has 166 valence electrons. The van der Waals surface area contributed by atoms with Crippen LogP contribution >= 0.6 is 0 Å². The molecular weight excluding hydrogens is 378 g/mol. The Balaban J connectivity index is 1.44. The normalized spacial score (nSPS) is 26.2. The molecule has 4 heterocycles. The average molecular weight is 416 g/mol. The van der Waals surface area contributed by atoms with E-state index in [1.807, 2.05) is 7.05 Å². The molecule has 3 aliphatic rings. The Morgan fingerprint density at radius 1 is 1.13 bits per heavy atom. The number of fused-ring (bicyclic) bond motifs is 4. The van der Waals surface area contributed by atoms with Crippen LogP contribution in [0.25, 0.3) is 0 Å². The maximum atomic E-state index is 13.3. The number of hydrogen-bond donors (Lipinski definition) is 2. The molecule has 2 fully saturated rings. The number of likely N-dealkylation sites (N-methyl/N-ethyl adjacent to an activating group) is 1. The predicted octanol–water partition coefficient (Wildman–Crippen LogP) is 0.835. The minimum absolute atomic E-state index is 0.131. The van der Waals surface area contributed by atoms with Gasteiger partial charge in [-0.1, -0.05) is 13.0 Å². The third-order valence-corrected chi connectivity index (χ3v) is 7.57. The molecule has 0 radical (unpaired) electrons. The molecule has 0 unspecified atom stereocenters. The first-order chi connectivity index (χ1) is 14.4. The topological polar surface area (TPSA) is 69.6 Å². The fraction of sp³-hybridized carbons (Fsp3) is 0.739. The highest BCUT2D eigenvalue weighted by molar-refractivity contribution is 5.82. The summed E-state index contributed by atoms with van der Waals surface area (Å²) in [4.78, 5) is 30.3. The average Bonchev–Trinajstić information content (AvgIpc) is 2.75. The number of amides is 1. The molecule has 2 N–H and O–H groups in total. The highest BCUT2D eigenvalue weighted by atomic mass is 16.2. The number of aromatic nitrogens is 1. The summed E-state index contributed by atoms with van der Waals surface area (Å²) < 4.78 is 2.07. The van der Waals surface area contributed by atoms with E-state index in [2.05, 4.69) is 44.1 Å². The highest BCUT2D eigenvalue weighted by Crippen LogP contribution is 2.35. The zero-order chi connectivity index (χ0) is 21.3. The molecule has 2 bridgehead atoms. The van der Waals surface area contributed by atoms with Crippen molar-refractivity contribution >= 4 is 5.91 Å². The highest BCUT2D eigenvalue weighted by Gasteiger charge is 2.37. The Morgan fingerprint density at radius 2 is 1.90 bits per heavy atom. The van der Waals surface area contributed by atoms with Crippen LogP contribution in [0.5, 0.6) is 0 Å². The van der Waals surface area contributed by atoms with E-state index in [9.17, 15) is 9.59 Å². The van der Waals surface area contributed by atoms with E-state index in [4.69, 9.17) is 0 Å². The second kappa shape index (κ2) is 8.81. The molecule has 7 heteroatoms. The summed E-state index contributed by atoms with van der Waals surface area (Å²) in [5.74, 6) is 1.18. The van der Waals surface area contributed by atoms with Crippen molar-refractivity contribution in [2.24, 2.45) is 11.3 Å². The van der Waals surface area contributed by atoms with Crippen LogP contribution in [-0.2, 0) is 17.9 Å². The summed E-state index contributed by atoms with van der Waals surface area (Å²) in [6.07, 6.45) is 2.89. The van der Waals surface area contributed by atoms with E-state index in [1.165, 1.54) is 12.1 Å². The first-order valence-corrected chi connectivity index (χ1v) is 11.5. The van der Waals surface area contributed by atoms with Crippen molar-refractivity contribution in [3.05, 3.63) is 33.7 Å². The molecule has 30 heavy (non-hydrogen) atoms. The quantitative estimate of drug-likeness (QED) is 0.721. The third-order valence-electron chi connectivity index (χ3n) is 7.57. The number of piperidine rings is 2. The fourth-order valence-corrected chi connectivity index (χ4v) is 5.64. The van der Waals surface area contributed by atoms with Crippen molar-refractivity contribution in [3.63, 3.8) is 0 Å². The first kappa shape index (κ1) is 21.5. The number of likely N-dealkylation sites (tertiary alicyclic amines) is 2. The van der Waals surface area contributed by atoms with Gasteiger partial charge in [-0.05, 0) is 51.4 Å². The summed E-state index contributed by atoms with van der Waals surface area (Å²) in [5.41, 5.74) is 2.03. The van der Waals surface area contributed by atoms with Crippen molar-refractivity contribution < 1.29 is 4.79 Å². The molecule has 2 saturated heterocycles. The second-order valence-electron chi connectivity index (χ2n) is 9.78. The molecule has 0 aromatic carbocycles. The van der Waals surface area contributed by atoms with E-state index in [0.29, 0.717) is 18.4 Å².